The van der Waals surface area contributed by atoms with Crippen LogP contribution >= 0.6 is 11.6 Å². The van der Waals surface area contributed by atoms with Crippen LogP contribution in [0, 0.1) is 0 Å². The predicted octanol–water partition coefficient (Wildman–Crippen LogP) is 4.75. The number of anilines is 1. The number of aromatic hydroxyl groups is 1. The molecule has 4 nitrogen and oxygen atoms in total. The summed E-state index contributed by atoms with van der Waals surface area (Å²) in [7, 11) is 0. The van der Waals surface area contributed by atoms with E-state index in [0.29, 0.717) is 5.02 Å². The van der Waals surface area contributed by atoms with Gasteiger partial charge in [0.05, 0.1) is 16.4 Å². The van der Waals surface area contributed by atoms with Crippen LogP contribution in [0.15, 0.2) is 59.7 Å². The summed E-state index contributed by atoms with van der Waals surface area (Å²) in [4.78, 5) is 9.48. The number of benzene rings is 2. The number of hydrogen-bond donors (Lipinski definition) is 2. The number of phenols is 1. The highest BCUT2D eigenvalue weighted by Gasteiger charge is 2.34. The topological polar surface area (TPSA) is 57.5 Å². The lowest BCUT2D eigenvalue weighted by molar-refractivity contribution is 0.475. The van der Waals surface area contributed by atoms with E-state index in [1.165, 1.54) is 0 Å². The fraction of sp³-hybridized carbons (Fsp3) is 0.100. The van der Waals surface area contributed by atoms with Crippen LogP contribution in [0.2, 0.25) is 5.02 Å². The molecular weight excluding hydrogens is 334 g/mol. The molecule has 0 spiro atoms. The molecule has 3 aromatic rings. The Kier molecular flexibility index (Phi) is 3.09. The van der Waals surface area contributed by atoms with Crippen LogP contribution in [-0.4, -0.2) is 22.3 Å². The molecule has 5 heteroatoms. The average molecular weight is 348 g/mol. The van der Waals surface area contributed by atoms with Crippen molar-refractivity contribution in [2.75, 3.05) is 11.9 Å². The monoisotopic (exact) mass is 347 g/mol. The lowest BCUT2D eigenvalue weighted by Crippen LogP contribution is -2.16. The van der Waals surface area contributed by atoms with Crippen molar-refractivity contribution in [3.05, 3.63) is 70.9 Å². The van der Waals surface area contributed by atoms with E-state index in [9.17, 15) is 5.11 Å². The zero-order valence-electron chi connectivity index (χ0n) is 13.2. The highest BCUT2D eigenvalue weighted by atomic mass is 35.5. The Bertz CT molecular complexity index is 1040. The first-order valence-corrected chi connectivity index (χ1v) is 8.50. The number of phenolic OH excluding ortho intramolecular Hbond substituents is 1. The van der Waals surface area contributed by atoms with Gasteiger partial charge >= 0.3 is 0 Å². The quantitative estimate of drug-likeness (QED) is 0.667. The Morgan fingerprint density at radius 1 is 1.04 bits per heavy atom. The molecule has 2 aliphatic rings. The molecule has 0 saturated heterocycles. The molecule has 2 aromatic carbocycles. The van der Waals surface area contributed by atoms with Crippen molar-refractivity contribution in [3.8, 4) is 16.9 Å². The van der Waals surface area contributed by atoms with Crippen molar-refractivity contribution in [1.29, 1.82) is 0 Å². The van der Waals surface area contributed by atoms with Gasteiger partial charge in [0.1, 0.15) is 11.6 Å². The van der Waals surface area contributed by atoms with E-state index in [-0.39, 0.29) is 11.7 Å². The summed E-state index contributed by atoms with van der Waals surface area (Å²) in [6.07, 6.45) is 1.83. The summed E-state index contributed by atoms with van der Waals surface area (Å²) in [6, 6.07) is 15.2. The molecule has 25 heavy (non-hydrogen) atoms. The van der Waals surface area contributed by atoms with E-state index in [0.717, 1.165) is 46.0 Å². The molecule has 0 fully saturated rings. The molecule has 122 valence electrons. The molecule has 3 heterocycles. The van der Waals surface area contributed by atoms with Crippen LogP contribution in [0.1, 0.15) is 17.0 Å². The molecule has 0 saturated carbocycles. The first-order valence-electron chi connectivity index (χ1n) is 8.12. The summed E-state index contributed by atoms with van der Waals surface area (Å²) in [5.41, 5.74) is 6.07. The molecule has 0 radical (unpaired) electrons. The SMILES string of the molecule is Oc1ccc(C2=Nc3ccccc3-c3ccnc4c3C2CN4)c(Cl)c1. The van der Waals surface area contributed by atoms with Gasteiger partial charge < -0.3 is 10.4 Å². The lowest BCUT2D eigenvalue weighted by atomic mass is 9.88. The molecule has 0 aliphatic carbocycles. The van der Waals surface area contributed by atoms with Gasteiger partial charge in [-0.15, -0.1) is 0 Å². The maximum absolute atomic E-state index is 9.69. The normalized spacial score (nSPS) is 17.2. The number of fused-ring (bicyclic) bond motifs is 2. The van der Waals surface area contributed by atoms with Gasteiger partial charge in [0.25, 0.3) is 0 Å². The highest BCUT2D eigenvalue weighted by molar-refractivity contribution is 6.35. The molecule has 2 N–H and O–H groups in total. The lowest BCUT2D eigenvalue weighted by Gasteiger charge is -2.15. The van der Waals surface area contributed by atoms with Gasteiger partial charge in [-0.25, -0.2) is 4.98 Å². The zero-order valence-corrected chi connectivity index (χ0v) is 14.0. The fourth-order valence-electron chi connectivity index (χ4n) is 3.70. The van der Waals surface area contributed by atoms with Gasteiger partial charge in [-0.05, 0) is 35.9 Å². The molecule has 1 unspecified atom stereocenters. The van der Waals surface area contributed by atoms with Gasteiger partial charge in [0.15, 0.2) is 0 Å². The molecule has 0 bridgehead atoms. The summed E-state index contributed by atoms with van der Waals surface area (Å²) in [5.74, 6) is 1.12. The third kappa shape index (κ3) is 2.14. The minimum atomic E-state index is 0.0631. The summed E-state index contributed by atoms with van der Waals surface area (Å²) < 4.78 is 0. The second kappa shape index (κ2) is 5.33. The van der Waals surface area contributed by atoms with Gasteiger partial charge in [-0.3, -0.25) is 4.99 Å². The van der Waals surface area contributed by atoms with Gasteiger partial charge in [0, 0.05) is 35.3 Å². The van der Waals surface area contributed by atoms with Gasteiger partial charge in [-0.2, -0.15) is 0 Å². The van der Waals surface area contributed by atoms with E-state index < -0.39 is 0 Å². The summed E-state index contributed by atoms with van der Waals surface area (Å²) in [5, 5.41) is 13.6. The Morgan fingerprint density at radius 2 is 1.92 bits per heavy atom. The van der Waals surface area contributed by atoms with Crippen molar-refractivity contribution in [2.45, 2.75) is 5.92 Å². The van der Waals surface area contributed by atoms with Crippen LogP contribution in [0.25, 0.3) is 11.1 Å². The minimum absolute atomic E-state index is 0.0631. The standard InChI is InChI=1S/C20H14ClN3O/c21-16-9-11(25)5-6-14(16)19-15-10-23-20-18(15)13(7-8-22-20)12-3-1-2-4-17(12)24-19/h1-9,15,25H,10H2,(H,22,23). The number of rotatable bonds is 1. The Morgan fingerprint density at radius 3 is 2.80 bits per heavy atom. The van der Waals surface area contributed by atoms with Crippen LogP contribution < -0.4 is 5.32 Å². The predicted molar refractivity (Wildman–Crippen MR) is 100 cm³/mol. The van der Waals surface area contributed by atoms with Crippen LogP contribution in [0.4, 0.5) is 11.5 Å². The fourth-order valence-corrected chi connectivity index (χ4v) is 3.97. The number of nitrogens with one attached hydrogen (secondary N) is 1. The highest BCUT2D eigenvalue weighted by Crippen LogP contribution is 2.46. The summed E-state index contributed by atoms with van der Waals surface area (Å²) in [6.45, 7) is 0.726. The maximum atomic E-state index is 9.69. The van der Waals surface area contributed by atoms with Crippen LogP contribution in [0.5, 0.6) is 5.75 Å². The number of hydrogen-bond acceptors (Lipinski definition) is 4. The molecule has 0 amide bonds. The second-order valence-corrected chi connectivity index (χ2v) is 6.64. The first kappa shape index (κ1) is 14.5. The van der Waals surface area contributed by atoms with Crippen molar-refractivity contribution >= 4 is 28.8 Å². The number of halogens is 1. The van der Waals surface area contributed by atoms with E-state index in [2.05, 4.69) is 22.4 Å². The Hall–Kier alpha value is -2.85. The molecule has 1 aromatic heterocycles. The number of para-hydroxylation sites is 1. The smallest absolute Gasteiger partial charge is 0.130 e. The number of aliphatic imine (C=N–C) groups is 1. The zero-order chi connectivity index (χ0) is 17.0. The van der Waals surface area contributed by atoms with Crippen LogP contribution in [0.3, 0.4) is 0 Å². The van der Waals surface area contributed by atoms with E-state index in [1.54, 1.807) is 12.1 Å². The first-order chi connectivity index (χ1) is 12.2. The third-order valence-corrected chi connectivity index (χ3v) is 5.12. The minimum Gasteiger partial charge on any atom is -0.508 e. The maximum Gasteiger partial charge on any atom is 0.130 e. The van der Waals surface area contributed by atoms with Crippen molar-refractivity contribution in [1.82, 2.24) is 4.98 Å². The van der Waals surface area contributed by atoms with Crippen molar-refractivity contribution in [2.24, 2.45) is 4.99 Å². The van der Waals surface area contributed by atoms with Crippen LogP contribution in [-0.2, 0) is 0 Å². The largest absolute Gasteiger partial charge is 0.508 e. The molecule has 5 rings (SSSR count). The average Bonchev–Trinajstić information content (AvgIpc) is 2.98. The number of nitrogens with zero attached hydrogens (tertiary/aromatic N) is 2. The molecule has 2 aliphatic heterocycles. The second-order valence-electron chi connectivity index (χ2n) is 6.23. The van der Waals surface area contributed by atoms with E-state index in [4.69, 9.17) is 16.6 Å². The molecule has 1 atom stereocenters. The van der Waals surface area contributed by atoms with Gasteiger partial charge in [0.2, 0.25) is 0 Å². The third-order valence-electron chi connectivity index (χ3n) is 4.81. The van der Waals surface area contributed by atoms with Crippen molar-refractivity contribution < 1.29 is 5.11 Å². The van der Waals surface area contributed by atoms with Crippen molar-refractivity contribution in [3.63, 3.8) is 0 Å². The number of aromatic nitrogens is 1. The van der Waals surface area contributed by atoms with Gasteiger partial charge in [-0.1, -0.05) is 29.8 Å². The number of pyridine rings is 1. The molecular formula is C20H14ClN3O. The Balaban J connectivity index is 1.83. The van der Waals surface area contributed by atoms with E-state index >= 15 is 0 Å². The Labute approximate surface area is 149 Å². The van der Waals surface area contributed by atoms with E-state index in [1.807, 2.05) is 30.5 Å². The summed E-state index contributed by atoms with van der Waals surface area (Å²) >= 11 is 6.43.